The molecule has 1 aliphatic heterocycles. The van der Waals surface area contributed by atoms with Crippen LogP contribution in [0.1, 0.15) is 31.2 Å². The molecular formula is C22H30N5O2S+. The van der Waals surface area contributed by atoms with Crippen LogP contribution in [0.2, 0.25) is 0 Å². The Morgan fingerprint density at radius 2 is 1.90 bits per heavy atom. The Balaban J connectivity index is 1.54. The average Bonchev–Trinajstić information content (AvgIpc) is 3.13. The van der Waals surface area contributed by atoms with E-state index in [2.05, 4.69) is 17.1 Å². The van der Waals surface area contributed by atoms with Crippen LogP contribution in [-0.2, 0) is 20.0 Å². The van der Waals surface area contributed by atoms with Gasteiger partial charge in [0.2, 0.25) is 0 Å². The predicted molar refractivity (Wildman–Crippen MR) is 120 cm³/mol. The lowest BCUT2D eigenvalue weighted by Crippen LogP contribution is -3.13. The molecule has 0 spiro atoms. The van der Waals surface area contributed by atoms with Gasteiger partial charge < -0.3 is 9.47 Å². The van der Waals surface area contributed by atoms with Crippen molar-refractivity contribution in [2.45, 2.75) is 43.8 Å². The normalized spacial score (nSPS) is 15.1. The summed E-state index contributed by atoms with van der Waals surface area (Å²) in [7, 11) is 1.66. The van der Waals surface area contributed by atoms with Gasteiger partial charge in [0, 0.05) is 13.6 Å². The topological polar surface area (TPSA) is 77.1 Å². The molecule has 1 aromatic carbocycles. The molecule has 160 valence electrons. The fourth-order valence-electron chi connectivity index (χ4n) is 4.21. The van der Waals surface area contributed by atoms with Crippen molar-refractivity contribution in [2.24, 2.45) is 7.05 Å². The van der Waals surface area contributed by atoms with E-state index >= 15 is 0 Å². The largest absolute Gasteiger partial charge is 0.334 e. The summed E-state index contributed by atoms with van der Waals surface area (Å²) >= 11 is 1.70. The molecule has 1 aliphatic rings. The lowest BCUT2D eigenvalue weighted by Gasteiger charge is -2.23. The average molecular weight is 429 g/mol. The van der Waals surface area contributed by atoms with E-state index in [9.17, 15) is 9.59 Å². The molecule has 4 rings (SSSR count). The highest BCUT2D eigenvalue weighted by molar-refractivity contribution is 7.99. The third kappa shape index (κ3) is 4.70. The van der Waals surface area contributed by atoms with Crippen LogP contribution in [0.25, 0.3) is 11.2 Å². The van der Waals surface area contributed by atoms with E-state index in [1.165, 1.54) is 42.5 Å². The number of nitrogens with zero attached hydrogens (tertiary/aromatic N) is 3. The van der Waals surface area contributed by atoms with Gasteiger partial charge in [0.05, 0.1) is 25.4 Å². The zero-order valence-electron chi connectivity index (χ0n) is 17.5. The molecule has 2 N–H and O–H groups in total. The summed E-state index contributed by atoms with van der Waals surface area (Å²) in [5, 5.41) is 0.834. The van der Waals surface area contributed by atoms with Gasteiger partial charge in [-0.1, -0.05) is 42.1 Å². The van der Waals surface area contributed by atoms with E-state index in [4.69, 9.17) is 4.98 Å². The summed E-state index contributed by atoms with van der Waals surface area (Å²) in [6.07, 6.45) is 5.82. The second-order valence-corrected chi connectivity index (χ2v) is 9.10. The smallest absolute Gasteiger partial charge is 0.329 e. The Kier molecular flexibility index (Phi) is 6.74. The number of H-pyrrole nitrogens is 1. The van der Waals surface area contributed by atoms with Crippen molar-refractivity contribution in [1.82, 2.24) is 19.1 Å². The molecule has 0 saturated carbocycles. The number of aromatic nitrogens is 4. The van der Waals surface area contributed by atoms with Gasteiger partial charge in [0.1, 0.15) is 0 Å². The number of quaternary nitrogens is 1. The minimum absolute atomic E-state index is 0.353. The third-order valence-electron chi connectivity index (χ3n) is 5.91. The van der Waals surface area contributed by atoms with Crippen molar-refractivity contribution < 1.29 is 4.90 Å². The number of hydrogen-bond donors (Lipinski definition) is 2. The quantitative estimate of drug-likeness (QED) is 0.529. The monoisotopic (exact) mass is 428 g/mol. The number of aryl methyl sites for hydroxylation is 3. The van der Waals surface area contributed by atoms with Gasteiger partial charge in [0.15, 0.2) is 16.3 Å². The van der Waals surface area contributed by atoms with Gasteiger partial charge in [-0.3, -0.25) is 14.3 Å². The molecule has 3 heterocycles. The van der Waals surface area contributed by atoms with E-state index < -0.39 is 5.69 Å². The molecule has 8 heteroatoms. The zero-order valence-corrected chi connectivity index (χ0v) is 18.3. The molecule has 0 amide bonds. The highest BCUT2D eigenvalue weighted by Gasteiger charge is 2.19. The van der Waals surface area contributed by atoms with E-state index in [-0.39, 0.29) is 5.56 Å². The van der Waals surface area contributed by atoms with Crippen molar-refractivity contribution in [3.8, 4) is 0 Å². The number of piperidine rings is 1. The van der Waals surface area contributed by atoms with Crippen LogP contribution in [0.4, 0.5) is 0 Å². The van der Waals surface area contributed by atoms with Crippen LogP contribution in [0.5, 0.6) is 0 Å². The first-order chi connectivity index (χ1) is 14.6. The molecule has 30 heavy (non-hydrogen) atoms. The summed E-state index contributed by atoms with van der Waals surface area (Å²) in [5.74, 6) is 0.961. The summed E-state index contributed by atoms with van der Waals surface area (Å²) < 4.78 is 3.44. The number of hydrogen-bond acceptors (Lipinski definition) is 4. The Bertz CT molecular complexity index is 1100. The van der Waals surface area contributed by atoms with E-state index in [1.54, 1.807) is 23.7 Å². The van der Waals surface area contributed by atoms with Gasteiger partial charge in [-0.2, -0.15) is 0 Å². The van der Waals surface area contributed by atoms with Gasteiger partial charge in [-0.05, 0) is 37.7 Å². The van der Waals surface area contributed by atoms with Crippen molar-refractivity contribution in [3.63, 3.8) is 0 Å². The Morgan fingerprint density at radius 3 is 2.67 bits per heavy atom. The lowest BCUT2D eigenvalue weighted by molar-refractivity contribution is -0.902. The van der Waals surface area contributed by atoms with Crippen LogP contribution >= 0.6 is 11.8 Å². The standard InChI is InChI=1S/C22H29N5O2S/c1-25-19-18(20(28)24-21(25)29)27(14-8-11-17-9-4-2-5-10-17)22(23-19)30-16-15-26-12-6-3-7-13-26/h2,4-5,9-10H,3,6-8,11-16H2,1H3,(H,24,28,29)/p+1. The van der Waals surface area contributed by atoms with E-state index in [0.29, 0.717) is 17.7 Å². The first-order valence-electron chi connectivity index (χ1n) is 10.8. The van der Waals surface area contributed by atoms with E-state index in [1.807, 2.05) is 22.8 Å². The molecule has 1 fully saturated rings. The highest BCUT2D eigenvalue weighted by atomic mass is 32.2. The Hall–Kier alpha value is -2.32. The predicted octanol–water partition coefficient (Wildman–Crippen LogP) is 1.22. The number of rotatable bonds is 8. The van der Waals surface area contributed by atoms with Crippen molar-refractivity contribution in [1.29, 1.82) is 0 Å². The molecule has 0 aliphatic carbocycles. The minimum Gasteiger partial charge on any atom is -0.334 e. The van der Waals surface area contributed by atoms with Gasteiger partial charge in [-0.25, -0.2) is 9.78 Å². The second kappa shape index (κ2) is 9.66. The fourth-order valence-corrected chi connectivity index (χ4v) is 5.27. The van der Waals surface area contributed by atoms with Crippen LogP contribution < -0.4 is 16.1 Å². The van der Waals surface area contributed by atoms with Gasteiger partial charge in [-0.15, -0.1) is 0 Å². The zero-order chi connectivity index (χ0) is 20.9. The molecule has 2 aromatic heterocycles. The summed E-state index contributed by atoms with van der Waals surface area (Å²) in [4.78, 5) is 33.4. The van der Waals surface area contributed by atoms with Crippen LogP contribution in [0.3, 0.4) is 0 Å². The summed E-state index contributed by atoms with van der Waals surface area (Å²) in [5.41, 5.74) is 1.48. The molecule has 0 bridgehead atoms. The third-order valence-corrected chi connectivity index (χ3v) is 6.89. The number of aromatic amines is 1. The summed E-state index contributed by atoms with van der Waals surface area (Å²) in [6.45, 7) is 4.31. The van der Waals surface area contributed by atoms with Crippen LogP contribution in [-0.4, -0.2) is 44.5 Å². The number of fused-ring (bicyclic) bond motifs is 1. The maximum absolute atomic E-state index is 12.6. The molecule has 0 atom stereocenters. The number of nitrogens with one attached hydrogen (secondary N) is 2. The first kappa shape index (κ1) is 20.9. The molecule has 7 nitrogen and oxygen atoms in total. The number of thioether (sulfide) groups is 1. The van der Waals surface area contributed by atoms with Crippen molar-refractivity contribution in [2.75, 3.05) is 25.4 Å². The molecule has 1 saturated heterocycles. The van der Waals surface area contributed by atoms with Crippen LogP contribution in [0, 0.1) is 0 Å². The Morgan fingerprint density at radius 1 is 1.13 bits per heavy atom. The maximum atomic E-state index is 12.6. The number of likely N-dealkylation sites (tertiary alicyclic amines) is 1. The first-order valence-corrected chi connectivity index (χ1v) is 11.8. The van der Waals surface area contributed by atoms with Crippen molar-refractivity contribution in [3.05, 3.63) is 56.7 Å². The Labute approximate surface area is 180 Å². The maximum Gasteiger partial charge on any atom is 0.329 e. The number of benzene rings is 1. The van der Waals surface area contributed by atoms with Gasteiger partial charge >= 0.3 is 5.69 Å². The highest BCUT2D eigenvalue weighted by Crippen LogP contribution is 2.22. The van der Waals surface area contributed by atoms with Crippen LogP contribution in [0.15, 0.2) is 45.1 Å². The van der Waals surface area contributed by atoms with Crippen molar-refractivity contribution >= 4 is 22.9 Å². The molecular weight excluding hydrogens is 398 g/mol. The molecule has 0 unspecified atom stereocenters. The minimum atomic E-state index is -0.421. The summed E-state index contributed by atoms with van der Waals surface area (Å²) in [6, 6.07) is 10.4. The molecule has 3 aromatic rings. The van der Waals surface area contributed by atoms with E-state index in [0.717, 1.165) is 30.3 Å². The lowest BCUT2D eigenvalue weighted by atomic mass is 10.1. The van der Waals surface area contributed by atoms with Gasteiger partial charge in [0.25, 0.3) is 5.56 Å². The second-order valence-electron chi connectivity index (χ2n) is 8.03. The molecule has 0 radical (unpaired) electrons. The SMILES string of the molecule is Cn1c(=O)[nH]c(=O)c2c1nc(SCC[NH+]1CCCCC1)n2CCCc1ccccc1. The fraction of sp³-hybridized carbons (Fsp3) is 0.500. The number of imidazole rings is 1.